The molecule has 0 aliphatic rings. The van der Waals surface area contributed by atoms with Gasteiger partial charge < -0.3 is 10.3 Å². The monoisotopic (exact) mass is 223 g/mol. The SMILES string of the molecule is c1ccc(NCc2ccnc3[nH]ccc23)cc1. The molecular weight excluding hydrogens is 210 g/mol. The quantitative estimate of drug-likeness (QED) is 0.716. The first-order valence-electron chi connectivity index (χ1n) is 5.63. The molecule has 2 N–H and O–H groups in total. The Labute approximate surface area is 99.5 Å². The molecule has 2 aromatic heterocycles. The number of fused-ring (bicyclic) bond motifs is 1. The van der Waals surface area contributed by atoms with E-state index in [4.69, 9.17) is 0 Å². The Morgan fingerprint density at radius 2 is 1.94 bits per heavy atom. The molecular formula is C14H13N3. The average Bonchev–Trinajstić information content (AvgIpc) is 2.86. The number of H-pyrrole nitrogens is 1. The molecule has 0 spiro atoms. The number of para-hydroxylation sites is 1. The van der Waals surface area contributed by atoms with Gasteiger partial charge in [0.25, 0.3) is 0 Å². The highest BCUT2D eigenvalue weighted by Crippen LogP contribution is 2.16. The number of anilines is 1. The first-order chi connectivity index (χ1) is 8.43. The summed E-state index contributed by atoms with van der Waals surface area (Å²) in [5, 5.41) is 4.58. The van der Waals surface area contributed by atoms with E-state index in [1.165, 1.54) is 10.9 Å². The van der Waals surface area contributed by atoms with Crippen LogP contribution in [0.5, 0.6) is 0 Å². The van der Waals surface area contributed by atoms with Crippen LogP contribution < -0.4 is 5.32 Å². The maximum absolute atomic E-state index is 4.27. The van der Waals surface area contributed by atoms with Gasteiger partial charge in [0, 0.05) is 30.0 Å². The molecule has 0 fully saturated rings. The van der Waals surface area contributed by atoms with E-state index in [2.05, 4.69) is 33.5 Å². The number of hydrogen-bond acceptors (Lipinski definition) is 2. The minimum absolute atomic E-state index is 0.806. The zero-order valence-corrected chi connectivity index (χ0v) is 9.35. The van der Waals surface area contributed by atoms with Crippen molar-refractivity contribution < 1.29 is 0 Å². The first-order valence-corrected chi connectivity index (χ1v) is 5.63. The van der Waals surface area contributed by atoms with Crippen molar-refractivity contribution in [3.05, 3.63) is 60.4 Å². The van der Waals surface area contributed by atoms with E-state index in [0.717, 1.165) is 17.9 Å². The van der Waals surface area contributed by atoms with Gasteiger partial charge in [-0.15, -0.1) is 0 Å². The third-order valence-electron chi connectivity index (χ3n) is 2.81. The van der Waals surface area contributed by atoms with Gasteiger partial charge in [-0.2, -0.15) is 0 Å². The van der Waals surface area contributed by atoms with E-state index in [9.17, 15) is 0 Å². The maximum Gasteiger partial charge on any atom is 0.137 e. The van der Waals surface area contributed by atoms with Crippen molar-refractivity contribution in [3.8, 4) is 0 Å². The highest BCUT2D eigenvalue weighted by atomic mass is 14.9. The predicted octanol–water partition coefficient (Wildman–Crippen LogP) is 3.18. The fraction of sp³-hybridized carbons (Fsp3) is 0.0714. The van der Waals surface area contributed by atoms with Crippen LogP contribution in [-0.4, -0.2) is 9.97 Å². The number of aromatic nitrogens is 2. The second-order valence-corrected chi connectivity index (χ2v) is 3.93. The van der Waals surface area contributed by atoms with Gasteiger partial charge in [-0.25, -0.2) is 4.98 Å². The lowest BCUT2D eigenvalue weighted by molar-refractivity contribution is 1.15. The number of aromatic amines is 1. The van der Waals surface area contributed by atoms with Crippen LogP contribution in [0.15, 0.2) is 54.9 Å². The summed E-state index contributed by atoms with van der Waals surface area (Å²) >= 11 is 0. The number of benzene rings is 1. The molecule has 0 aliphatic carbocycles. The Kier molecular flexibility index (Phi) is 2.50. The summed E-state index contributed by atoms with van der Waals surface area (Å²) in [6, 6.07) is 14.3. The summed E-state index contributed by atoms with van der Waals surface area (Å²) in [6.45, 7) is 0.806. The van der Waals surface area contributed by atoms with Gasteiger partial charge in [-0.3, -0.25) is 0 Å². The number of nitrogens with one attached hydrogen (secondary N) is 2. The van der Waals surface area contributed by atoms with Crippen molar-refractivity contribution in [2.75, 3.05) is 5.32 Å². The van der Waals surface area contributed by atoms with E-state index < -0.39 is 0 Å². The summed E-state index contributed by atoms with van der Waals surface area (Å²) < 4.78 is 0. The van der Waals surface area contributed by atoms with Crippen LogP contribution in [0.2, 0.25) is 0 Å². The van der Waals surface area contributed by atoms with Crippen molar-refractivity contribution in [2.24, 2.45) is 0 Å². The van der Waals surface area contributed by atoms with E-state index in [1.54, 1.807) is 0 Å². The van der Waals surface area contributed by atoms with Gasteiger partial charge >= 0.3 is 0 Å². The number of pyridine rings is 1. The summed E-state index contributed by atoms with van der Waals surface area (Å²) in [6.07, 6.45) is 3.75. The number of rotatable bonds is 3. The minimum atomic E-state index is 0.806. The molecule has 0 atom stereocenters. The van der Waals surface area contributed by atoms with Crippen LogP contribution in [0.1, 0.15) is 5.56 Å². The molecule has 0 radical (unpaired) electrons. The normalized spacial score (nSPS) is 10.6. The highest BCUT2D eigenvalue weighted by Gasteiger charge is 2.01. The molecule has 2 heterocycles. The first kappa shape index (κ1) is 9.90. The van der Waals surface area contributed by atoms with Crippen molar-refractivity contribution >= 4 is 16.7 Å². The van der Waals surface area contributed by atoms with Crippen molar-refractivity contribution in [1.29, 1.82) is 0 Å². The Morgan fingerprint density at radius 1 is 1.06 bits per heavy atom. The highest BCUT2D eigenvalue weighted by molar-refractivity contribution is 5.79. The van der Waals surface area contributed by atoms with Gasteiger partial charge in [0.1, 0.15) is 5.65 Å². The lowest BCUT2D eigenvalue weighted by Gasteiger charge is -2.06. The van der Waals surface area contributed by atoms with Crippen LogP contribution >= 0.6 is 0 Å². The van der Waals surface area contributed by atoms with Gasteiger partial charge in [0.2, 0.25) is 0 Å². The second kappa shape index (κ2) is 4.29. The zero-order valence-electron chi connectivity index (χ0n) is 9.35. The maximum atomic E-state index is 4.27. The molecule has 84 valence electrons. The van der Waals surface area contributed by atoms with Crippen LogP contribution in [0.25, 0.3) is 11.0 Å². The Balaban J connectivity index is 1.84. The molecule has 0 aliphatic heterocycles. The standard InChI is InChI=1S/C14H13N3/c1-2-4-12(5-3-1)17-10-11-6-8-15-14-13(11)7-9-16-14/h1-9,17H,10H2,(H,15,16). The van der Waals surface area contributed by atoms with Crippen LogP contribution in [0.4, 0.5) is 5.69 Å². The van der Waals surface area contributed by atoms with E-state index in [0.29, 0.717) is 0 Å². The van der Waals surface area contributed by atoms with Crippen LogP contribution in [0, 0.1) is 0 Å². The number of hydrogen-bond donors (Lipinski definition) is 2. The lowest BCUT2D eigenvalue weighted by atomic mass is 10.2. The Bertz CT molecular complexity index is 613. The molecule has 0 bridgehead atoms. The molecule has 3 rings (SSSR count). The van der Waals surface area contributed by atoms with Gasteiger partial charge in [0.05, 0.1) is 0 Å². The van der Waals surface area contributed by atoms with Gasteiger partial charge in [-0.1, -0.05) is 18.2 Å². The molecule has 3 nitrogen and oxygen atoms in total. The molecule has 17 heavy (non-hydrogen) atoms. The summed E-state index contributed by atoms with van der Waals surface area (Å²) in [7, 11) is 0. The largest absolute Gasteiger partial charge is 0.381 e. The zero-order chi connectivity index (χ0) is 11.5. The van der Waals surface area contributed by atoms with Crippen LogP contribution in [-0.2, 0) is 6.54 Å². The summed E-state index contributed by atoms with van der Waals surface area (Å²) in [4.78, 5) is 7.39. The van der Waals surface area contributed by atoms with Crippen molar-refractivity contribution in [1.82, 2.24) is 9.97 Å². The topological polar surface area (TPSA) is 40.7 Å². The fourth-order valence-electron chi connectivity index (χ4n) is 1.93. The lowest BCUT2D eigenvalue weighted by Crippen LogP contribution is -1.99. The van der Waals surface area contributed by atoms with E-state index >= 15 is 0 Å². The summed E-state index contributed by atoms with van der Waals surface area (Å²) in [5.74, 6) is 0. The smallest absolute Gasteiger partial charge is 0.137 e. The molecule has 0 amide bonds. The average molecular weight is 223 g/mol. The second-order valence-electron chi connectivity index (χ2n) is 3.93. The molecule has 0 unspecified atom stereocenters. The van der Waals surface area contributed by atoms with E-state index in [-0.39, 0.29) is 0 Å². The predicted molar refractivity (Wildman–Crippen MR) is 69.9 cm³/mol. The molecule has 1 aromatic carbocycles. The van der Waals surface area contributed by atoms with Gasteiger partial charge in [-0.05, 0) is 29.8 Å². The minimum Gasteiger partial charge on any atom is -0.381 e. The van der Waals surface area contributed by atoms with Crippen LogP contribution in [0.3, 0.4) is 0 Å². The van der Waals surface area contributed by atoms with Gasteiger partial charge in [0.15, 0.2) is 0 Å². The molecule has 3 heteroatoms. The van der Waals surface area contributed by atoms with E-state index in [1.807, 2.05) is 36.7 Å². The Hall–Kier alpha value is -2.29. The van der Waals surface area contributed by atoms with Crippen molar-refractivity contribution in [3.63, 3.8) is 0 Å². The molecule has 0 saturated carbocycles. The van der Waals surface area contributed by atoms with Crippen molar-refractivity contribution in [2.45, 2.75) is 6.54 Å². The molecule has 3 aromatic rings. The third kappa shape index (κ3) is 1.99. The molecule has 0 saturated heterocycles. The number of nitrogens with zero attached hydrogens (tertiary/aromatic N) is 1. The Morgan fingerprint density at radius 3 is 2.82 bits per heavy atom. The summed E-state index contributed by atoms with van der Waals surface area (Å²) in [5.41, 5.74) is 3.32. The fourth-order valence-corrected chi connectivity index (χ4v) is 1.93. The third-order valence-corrected chi connectivity index (χ3v) is 2.81.